The summed E-state index contributed by atoms with van der Waals surface area (Å²) in [6.45, 7) is 4.29. The molecule has 2 nitrogen and oxygen atoms in total. The van der Waals surface area contributed by atoms with Gasteiger partial charge in [-0.15, -0.1) is 5.73 Å². The molecule has 88 valence electrons. The number of rotatable bonds is 10. The van der Waals surface area contributed by atoms with Crippen LogP contribution in [0.3, 0.4) is 0 Å². The van der Waals surface area contributed by atoms with Gasteiger partial charge in [-0.2, -0.15) is 0 Å². The van der Waals surface area contributed by atoms with Gasteiger partial charge >= 0.3 is 0 Å². The minimum absolute atomic E-state index is 0.295. The highest BCUT2D eigenvalue weighted by molar-refractivity contribution is 4.98. The molecule has 0 saturated heterocycles. The van der Waals surface area contributed by atoms with Crippen molar-refractivity contribution in [3.8, 4) is 0 Å². The van der Waals surface area contributed by atoms with Crippen LogP contribution in [0.15, 0.2) is 17.9 Å². The summed E-state index contributed by atoms with van der Waals surface area (Å²) >= 11 is 0. The van der Waals surface area contributed by atoms with Crippen LogP contribution in [-0.4, -0.2) is 23.4 Å². The molecule has 2 heteroatoms. The average molecular weight is 212 g/mol. The van der Waals surface area contributed by atoms with Crippen molar-refractivity contribution in [2.75, 3.05) is 13.2 Å². The van der Waals surface area contributed by atoms with Crippen molar-refractivity contribution in [3.63, 3.8) is 0 Å². The Morgan fingerprint density at radius 3 is 1.60 bits per heavy atom. The molecule has 0 spiro atoms. The molecule has 0 fully saturated rings. The van der Waals surface area contributed by atoms with E-state index < -0.39 is 0 Å². The normalized spacial score (nSPS) is 10.0. The zero-order valence-corrected chi connectivity index (χ0v) is 9.67. The molecule has 15 heavy (non-hydrogen) atoms. The first-order chi connectivity index (χ1) is 7.35. The van der Waals surface area contributed by atoms with Gasteiger partial charge in [0.15, 0.2) is 0 Å². The summed E-state index contributed by atoms with van der Waals surface area (Å²) in [5.74, 6) is 0. The maximum Gasteiger partial charge on any atom is 0.0431 e. The summed E-state index contributed by atoms with van der Waals surface area (Å²) in [7, 11) is 0. The van der Waals surface area contributed by atoms with Gasteiger partial charge in [-0.25, -0.2) is 0 Å². The van der Waals surface area contributed by atoms with Crippen LogP contribution < -0.4 is 0 Å². The molecule has 0 aromatic rings. The maximum absolute atomic E-state index is 8.63. The highest BCUT2D eigenvalue weighted by Crippen LogP contribution is 2.14. The molecule has 0 unspecified atom stereocenters. The first-order valence-electron chi connectivity index (χ1n) is 5.94. The van der Waals surface area contributed by atoms with Crippen molar-refractivity contribution in [1.82, 2.24) is 0 Å². The SMILES string of the molecule is C=C=C(CCCCCO)CCCCCO. The third-order valence-electron chi connectivity index (χ3n) is 2.52. The third kappa shape index (κ3) is 9.74. The summed E-state index contributed by atoms with van der Waals surface area (Å²) in [4.78, 5) is 0. The Hall–Kier alpha value is -0.560. The Morgan fingerprint density at radius 2 is 1.27 bits per heavy atom. The van der Waals surface area contributed by atoms with E-state index in [4.69, 9.17) is 10.2 Å². The van der Waals surface area contributed by atoms with Gasteiger partial charge in [0.25, 0.3) is 0 Å². The zero-order chi connectivity index (χ0) is 11.4. The van der Waals surface area contributed by atoms with Crippen LogP contribution in [0.1, 0.15) is 51.4 Å². The van der Waals surface area contributed by atoms with Crippen LogP contribution in [-0.2, 0) is 0 Å². The van der Waals surface area contributed by atoms with E-state index in [1.807, 2.05) is 0 Å². The van der Waals surface area contributed by atoms with E-state index in [0.717, 1.165) is 51.4 Å². The number of aliphatic hydroxyl groups excluding tert-OH is 2. The fourth-order valence-corrected chi connectivity index (χ4v) is 1.56. The first kappa shape index (κ1) is 14.4. The molecule has 0 aliphatic heterocycles. The minimum atomic E-state index is 0.295. The van der Waals surface area contributed by atoms with Crippen LogP contribution in [0.25, 0.3) is 0 Å². The highest BCUT2D eigenvalue weighted by Gasteiger charge is 1.97. The topological polar surface area (TPSA) is 40.5 Å². The van der Waals surface area contributed by atoms with E-state index >= 15 is 0 Å². The van der Waals surface area contributed by atoms with Crippen molar-refractivity contribution in [2.45, 2.75) is 51.4 Å². The van der Waals surface area contributed by atoms with E-state index in [2.05, 4.69) is 12.3 Å². The number of hydrogen-bond acceptors (Lipinski definition) is 2. The average Bonchev–Trinajstić information content (AvgIpc) is 2.27. The van der Waals surface area contributed by atoms with Gasteiger partial charge in [0.05, 0.1) is 0 Å². The molecule has 0 atom stereocenters. The van der Waals surface area contributed by atoms with Gasteiger partial charge in [-0.1, -0.05) is 19.4 Å². The van der Waals surface area contributed by atoms with Crippen LogP contribution in [0.2, 0.25) is 0 Å². The lowest BCUT2D eigenvalue weighted by molar-refractivity contribution is 0.282. The molecule has 0 heterocycles. The lowest BCUT2D eigenvalue weighted by Gasteiger charge is -2.04. The van der Waals surface area contributed by atoms with Gasteiger partial charge in [-0.3, -0.25) is 0 Å². The maximum atomic E-state index is 8.63. The van der Waals surface area contributed by atoms with E-state index in [0.29, 0.717) is 13.2 Å². The number of hydrogen-bond donors (Lipinski definition) is 2. The van der Waals surface area contributed by atoms with Crippen molar-refractivity contribution in [1.29, 1.82) is 0 Å². The fourth-order valence-electron chi connectivity index (χ4n) is 1.56. The molecule has 2 N–H and O–H groups in total. The number of allylic oxidation sites excluding steroid dienone is 1. The van der Waals surface area contributed by atoms with Gasteiger partial charge in [0, 0.05) is 13.2 Å². The largest absolute Gasteiger partial charge is 0.396 e. The van der Waals surface area contributed by atoms with E-state index in [1.165, 1.54) is 5.57 Å². The fraction of sp³-hybridized carbons (Fsp3) is 0.769. The van der Waals surface area contributed by atoms with Gasteiger partial charge < -0.3 is 10.2 Å². The van der Waals surface area contributed by atoms with Crippen LogP contribution in [0.4, 0.5) is 0 Å². The lowest BCUT2D eigenvalue weighted by Crippen LogP contribution is -1.88. The minimum Gasteiger partial charge on any atom is -0.396 e. The summed E-state index contributed by atoms with van der Waals surface area (Å²) in [6.07, 6.45) is 8.32. The second kappa shape index (κ2) is 11.5. The van der Waals surface area contributed by atoms with E-state index in [9.17, 15) is 0 Å². The molecule has 0 aromatic carbocycles. The lowest BCUT2D eigenvalue weighted by atomic mass is 10.0. The van der Waals surface area contributed by atoms with Crippen molar-refractivity contribution in [2.24, 2.45) is 0 Å². The Bertz CT molecular complexity index is 167. The number of aliphatic hydroxyl groups is 2. The van der Waals surface area contributed by atoms with Gasteiger partial charge in [0.2, 0.25) is 0 Å². The molecule has 0 radical (unpaired) electrons. The monoisotopic (exact) mass is 212 g/mol. The summed E-state index contributed by atoms with van der Waals surface area (Å²) in [5.41, 5.74) is 4.29. The molecule has 0 saturated carbocycles. The van der Waals surface area contributed by atoms with Crippen molar-refractivity contribution < 1.29 is 10.2 Å². The second-order valence-electron chi connectivity index (χ2n) is 3.85. The molecule has 0 aliphatic rings. The van der Waals surface area contributed by atoms with Crippen LogP contribution in [0, 0.1) is 0 Å². The standard InChI is InChI=1S/C13H24O2/c1-2-13(9-5-3-7-11-14)10-6-4-8-12-15/h14-15H,1,3-12H2. The Kier molecular flexibility index (Phi) is 11.1. The molecular weight excluding hydrogens is 188 g/mol. The number of unbranched alkanes of at least 4 members (excludes halogenated alkanes) is 4. The van der Waals surface area contributed by atoms with Crippen molar-refractivity contribution in [3.05, 3.63) is 17.9 Å². The predicted octanol–water partition coefficient (Wildman–Crippen LogP) is 2.80. The van der Waals surface area contributed by atoms with E-state index in [-0.39, 0.29) is 0 Å². The van der Waals surface area contributed by atoms with Crippen LogP contribution >= 0.6 is 0 Å². The summed E-state index contributed by atoms with van der Waals surface area (Å²) in [5, 5.41) is 17.3. The molecule has 0 amide bonds. The van der Waals surface area contributed by atoms with E-state index in [1.54, 1.807) is 0 Å². The second-order valence-corrected chi connectivity index (χ2v) is 3.85. The van der Waals surface area contributed by atoms with Crippen LogP contribution in [0.5, 0.6) is 0 Å². The first-order valence-corrected chi connectivity index (χ1v) is 5.94. The van der Waals surface area contributed by atoms with Crippen molar-refractivity contribution >= 4 is 0 Å². The third-order valence-corrected chi connectivity index (χ3v) is 2.52. The highest BCUT2D eigenvalue weighted by atomic mass is 16.3. The smallest absolute Gasteiger partial charge is 0.0431 e. The molecule has 0 aromatic heterocycles. The molecule has 0 aliphatic carbocycles. The van der Waals surface area contributed by atoms with Gasteiger partial charge in [-0.05, 0) is 44.1 Å². The van der Waals surface area contributed by atoms with Gasteiger partial charge in [0.1, 0.15) is 0 Å². The molecule has 0 bridgehead atoms. The molecular formula is C13H24O2. The quantitative estimate of drug-likeness (QED) is 0.432. The Labute approximate surface area is 93.3 Å². The summed E-state index contributed by atoms with van der Waals surface area (Å²) < 4.78 is 0. The molecule has 0 rings (SSSR count). The Balaban J connectivity index is 3.44. The predicted molar refractivity (Wildman–Crippen MR) is 63.8 cm³/mol. The zero-order valence-electron chi connectivity index (χ0n) is 9.67. The summed E-state index contributed by atoms with van der Waals surface area (Å²) in [6, 6.07) is 0. The Morgan fingerprint density at radius 1 is 0.800 bits per heavy atom.